The lowest BCUT2D eigenvalue weighted by Gasteiger charge is -2.32. The molecule has 2 amide bonds. The molecule has 37 heavy (non-hydrogen) atoms. The molecule has 196 valence electrons. The quantitative estimate of drug-likeness (QED) is 0.295. The highest BCUT2D eigenvalue weighted by Crippen LogP contribution is 2.27. The lowest BCUT2D eigenvalue weighted by molar-refractivity contribution is -0.143. The van der Waals surface area contributed by atoms with Crippen molar-refractivity contribution >= 4 is 35.0 Å². The number of rotatable bonds is 11. The number of carbonyl (C=O) groups is 2. The second kappa shape index (κ2) is 13.5. The molecule has 0 aromatic heterocycles. The summed E-state index contributed by atoms with van der Waals surface area (Å²) < 4.78 is 6.01. The molecular weight excluding hydrogens is 507 g/mol. The van der Waals surface area contributed by atoms with Crippen LogP contribution in [-0.4, -0.2) is 35.4 Å². The zero-order valence-corrected chi connectivity index (χ0v) is 23.2. The lowest BCUT2D eigenvalue weighted by atomic mass is 10.0. The van der Waals surface area contributed by atoms with Crippen LogP contribution in [0.25, 0.3) is 0 Å². The molecule has 5 nitrogen and oxygen atoms in total. The van der Waals surface area contributed by atoms with E-state index in [2.05, 4.69) is 19.2 Å². The van der Waals surface area contributed by atoms with Crippen LogP contribution in [0, 0.1) is 0 Å². The van der Waals surface area contributed by atoms with E-state index in [0.717, 1.165) is 11.1 Å². The van der Waals surface area contributed by atoms with E-state index in [9.17, 15) is 9.59 Å². The number of hydrogen-bond acceptors (Lipinski definition) is 3. The highest BCUT2D eigenvalue weighted by atomic mass is 35.5. The molecule has 7 heteroatoms. The predicted octanol–water partition coefficient (Wildman–Crippen LogP) is 6.66. The number of amides is 2. The van der Waals surface area contributed by atoms with Crippen molar-refractivity contribution in [3.05, 3.63) is 99.5 Å². The van der Waals surface area contributed by atoms with Crippen molar-refractivity contribution in [2.45, 2.75) is 58.7 Å². The van der Waals surface area contributed by atoms with Gasteiger partial charge in [-0.15, -0.1) is 0 Å². The van der Waals surface area contributed by atoms with E-state index in [0.29, 0.717) is 27.8 Å². The fourth-order valence-electron chi connectivity index (χ4n) is 4.08. The van der Waals surface area contributed by atoms with Crippen LogP contribution in [0.2, 0.25) is 10.0 Å². The van der Waals surface area contributed by atoms with E-state index in [1.54, 1.807) is 23.1 Å². The topological polar surface area (TPSA) is 58.6 Å². The zero-order valence-electron chi connectivity index (χ0n) is 21.7. The maximum absolute atomic E-state index is 13.8. The van der Waals surface area contributed by atoms with Crippen molar-refractivity contribution in [3.8, 4) is 5.75 Å². The highest BCUT2D eigenvalue weighted by molar-refractivity contribution is 6.35. The van der Waals surface area contributed by atoms with Gasteiger partial charge in [0.2, 0.25) is 5.91 Å². The van der Waals surface area contributed by atoms with Gasteiger partial charge in [0, 0.05) is 29.1 Å². The molecule has 0 fully saturated rings. The summed E-state index contributed by atoms with van der Waals surface area (Å²) in [5, 5.41) is 3.91. The molecule has 1 atom stereocenters. The zero-order chi connectivity index (χ0) is 26.9. The van der Waals surface area contributed by atoms with Gasteiger partial charge >= 0.3 is 0 Å². The van der Waals surface area contributed by atoms with Crippen molar-refractivity contribution < 1.29 is 14.3 Å². The smallest absolute Gasteiger partial charge is 0.261 e. The lowest BCUT2D eigenvalue weighted by Crippen LogP contribution is -2.52. The van der Waals surface area contributed by atoms with Crippen molar-refractivity contribution in [2.24, 2.45) is 0 Å². The maximum atomic E-state index is 13.8. The molecule has 1 N–H and O–H groups in total. The second-order valence-corrected chi connectivity index (χ2v) is 10.5. The summed E-state index contributed by atoms with van der Waals surface area (Å²) in [5.74, 6) is 0.337. The summed E-state index contributed by atoms with van der Waals surface area (Å²) in [6.45, 7) is 7.86. The Morgan fingerprint density at radius 3 is 2.24 bits per heavy atom. The minimum atomic E-state index is -0.770. The molecule has 3 aromatic carbocycles. The maximum Gasteiger partial charge on any atom is 0.261 e. The van der Waals surface area contributed by atoms with Crippen molar-refractivity contribution in [2.75, 3.05) is 6.61 Å². The second-order valence-electron chi connectivity index (χ2n) is 9.61. The normalized spacial score (nSPS) is 11.9. The van der Waals surface area contributed by atoms with E-state index in [1.807, 2.05) is 68.4 Å². The number of nitrogens with one attached hydrogen (secondary N) is 1. The molecule has 3 aromatic rings. The Morgan fingerprint density at radius 1 is 0.919 bits per heavy atom. The summed E-state index contributed by atoms with van der Waals surface area (Å²) in [5.41, 5.74) is 2.65. The van der Waals surface area contributed by atoms with Crippen molar-refractivity contribution in [1.29, 1.82) is 0 Å². The fraction of sp³-hybridized carbons (Fsp3) is 0.333. The number of halogens is 2. The van der Waals surface area contributed by atoms with Crippen LogP contribution < -0.4 is 10.1 Å². The van der Waals surface area contributed by atoms with E-state index in [4.69, 9.17) is 27.9 Å². The van der Waals surface area contributed by atoms with Gasteiger partial charge in [0.05, 0.1) is 0 Å². The van der Waals surface area contributed by atoms with Crippen LogP contribution in [-0.2, 0) is 22.6 Å². The summed E-state index contributed by atoms with van der Waals surface area (Å²) in [7, 11) is 0. The molecule has 0 aliphatic rings. The number of nitrogens with zero attached hydrogens (tertiary/aromatic N) is 1. The fourth-order valence-corrected chi connectivity index (χ4v) is 4.55. The molecule has 0 aliphatic carbocycles. The minimum Gasteiger partial charge on any atom is -0.483 e. The molecule has 3 rings (SSSR count). The van der Waals surface area contributed by atoms with E-state index in [-0.39, 0.29) is 36.9 Å². The van der Waals surface area contributed by atoms with E-state index in [1.165, 1.54) is 0 Å². The van der Waals surface area contributed by atoms with Crippen LogP contribution in [0.15, 0.2) is 72.8 Å². The van der Waals surface area contributed by atoms with Gasteiger partial charge in [0.1, 0.15) is 11.8 Å². The average molecular weight is 542 g/mol. The number of hydrogen-bond donors (Lipinski definition) is 1. The van der Waals surface area contributed by atoms with Crippen LogP contribution in [0.3, 0.4) is 0 Å². The van der Waals surface area contributed by atoms with Gasteiger partial charge in [-0.25, -0.2) is 0 Å². The van der Waals surface area contributed by atoms with E-state index >= 15 is 0 Å². The summed E-state index contributed by atoms with van der Waals surface area (Å²) >= 11 is 12.6. The number of para-hydroxylation sites is 1. The molecule has 0 spiro atoms. The first-order valence-electron chi connectivity index (χ1n) is 12.4. The van der Waals surface area contributed by atoms with Gasteiger partial charge in [-0.2, -0.15) is 0 Å². The molecule has 0 radical (unpaired) electrons. The van der Waals surface area contributed by atoms with Gasteiger partial charge < -0.3 is 15.0 Å². The molecular formula is C30H34Cl2N2O3. The minimum absolute atomic E-state index is 0.0870. The number of benzene rings is 3. The third-order valence-corrected chi connectivity index (χ3v) is 6.54. The third kappa shape index (κ3) is 8.24. The number of ether oxygens (including phenoxy) is 1. The third-order valence-electron chi connectivity index (χ3n) is 5.95. The highest BCUT2D eigenvalue weighted by Gasteiger charge is 2.31. The Kier molecular flexibility index (Phi) is 10.4. The van der Waals surface area contributed by atoms with Gasteiger partial charge in [-0.05, 0) is 54.7 Å². The molecule has 0 saturated heterocycles. The Balaban J connectivity index is 1.96. The Morgan fingerprint density at radius 2 is 1.59 bits per heavy atom. The van der Waals surface area contributed by atoms with Crippen molar-refractivity contribution in [1.82, 2.24) is 10.2 Å². The van der Waals surface area contributed by atoms with Crippen molar-refractivity contribution in [3.63, 3.8) is 0 Å². The molecule has 0 unspecified atom stereocenters. The van der Waals surface area contributed by atoms with Gasteiger partial charge in [-0.3, -0.25) is 9.59 Å². The predicted molar refractivity (Wildman–Crippen MR) is 150 cm³/mol. The summed E-state index contributed by atoms with van der Waals surface area (Å²) in [6.07, 6.45) is 0.346. The number of carbonyl (C=O) groups excluding carboxylic acids is 2. The van der Waals surface area contributed by atoms with Gasteiger partial charge in [-0.1, -0.05) is 91.6 Å². The van der Waals surface area contributed by atoms with Crippen LogP contribution in [0.5, 0.6) is 5.75 Å². The standard InChI is InChI=1S/C30H34Cl2N2O3/c1-20(2)25-12-8-9-13-28(25)37-19-29(35)34(18-23-14-15-24(31)17-26(23)32)27(30(36)33-21(3)4)16-22-10-6-5-7-11-22/h5-15,17,20-21,27H,16,18-19H2,1-4H3,(H,33,36)/t27-/m1/s1. The first kappa shape index (κ1) is 28.5. The SMILES string of the molecule is CC(C)NC(=O)[C@@H](Cc1ccccc1)N(Cc1ccc(Cl)cc1Cl)C(=O)COc1ccccc1C(C)C. The van der Waals surface area contributed by atoms with Crippen LogP contribution in [0.4, 0.5) is 0 Å². The first-order valence-corrected chi connectivity index (χ1v) is 13.2. The van der Waals surface area contributed by atoms with Gasteiger partial charge in [0.25, 0.3) is 5.91 Å². The Hall–Kier alpha value is -3.02. The monoisotopic (exact) mass is 540 g/mol. The van der Waals surface area contributed by atoms with E-state index < -0.39 is 6.04 Å². The van der Waals surface area contributed by atoms with Crippen LogP contribution >= 0.6 is 23.2 Å². The van der Waals surface area contributed by atoms with Crippen LogP contribution in [0.1, 0.15) is 50.3 Å². The Bertz CT molecular complexity index is 1200. The summed E-state index contributed by atoms with van der Waals surface area (Å²) in [6, 6.07) is 21.6. The Labute approximate surface area is 229 Å². The molecule has 0 bridgehead atoms. The molecule has 0 aliphatic heterocycles. The average Bonchev–Trinajstić information content (AvgIpc) is 2.86. The molecule has 0 saturated carbocycles. The molecule has 0 heterocycles. The largest absolute Gasteiger partial charge is 0.483 e. The summed E-state index contributed by atoms with van der Waals surface area (Å²) in [4.78, 5) is 28.8. The van der Waals surface area contributed by atoms with Gasteiger partial charge in [0.15, 0.2) is 6.61 Å². The first-order chi connectivity index (χ1) is 17.7.